The molecule has 0 N–H and O–H groups in total. The largest absolute Gasteiger partial charge is 0.372 e. The number of rotatable bonds is 36. The highest BCUT2D eigenvalue weighted by molar-refractivity contribution is 7.87. The first kappa shape index (κ1) is 57.2. The van der Waals surface area contributed by atoms with Crippen LogP contribution < -0.4 is 0 Å². The van der Waals surface area contributed by atoms with Crippen molar-refractivity contribution in [1.82, 2.24) is 0 Å². The van der Waals surface area contributed by atoms with Crippen LogP contribution in [0.3, 0.4) is 0 Å². The van der Waals surface area contributed by atoms with Gasteiger partial charge in [-0.3, -0.25) is 25.1 Å². The van der Waals surface area contributed by atoms with Gasteiger partial charge in [-0.2, -0.15) is 50.5 Å². The first-order valence-electron chi connectivity index (χ1n) is 18.3. The van der Waals surface area contributed by atoms with Crippen LogP contribution in [0.5, 0.6) is 0 Å². The Bertz CT molecular complexity index is 1520. The van der Waals surface area contributed by atoms with Crippen LogP contribution in [0, 0.1) is 0 Å². The summed E-state index contributed by atoms with van der Waals surface area (Å²) in [6.07, 6.45) is -1.85. The maximum Gasteiger partial charge on any atom is 0.264 e. The fraction of sp³-hybridized carbons (Fsp3) is 1.00. The van der Waals surface area contributed by atoms with Gasteiger partial charge in [0, 0.05) is 39.6 Å². The van der Waals surface area contributed by atoms with Crippen LogP contribution in [0.4, 0.5) is 0 Å². The van der Waals surface area contributed by atoms with Crippen LogP contribution in [0.25, 0.3) is 0 Å². The molecule has 0 atom stereocenters. The molecule has 24 nitrogen and oxygen atoms in total. The van der Waals surface area contributed by atoms with E-state index < -0.39 is 97.3 Å². The van der Waals surface area contributed by atoms with E-state index in [1.807, 2.05) is 0 Å². The topological polar surface area (TPSA) is 316 Å². The van der Waals surface area contributed by atoms with Gasteiger partial charge in [-0.15, -0.1) is 0 Å². The molecule has 1 rings (SSSR count). The lowest BCUT2D eigenvalue weighted by molar-refractivity contribution is -0.283. The predicted octanol–water partition coefficient (Wildman–Crippen LogP) is -1.49. The third kappa shape index (κ3) is 30.3. The van der Waals surface area contributed by atoms with E-state index >= 15 is 0 Å². The van der Waals surface area contributed by atoms with Crippen LogP contribution >= 0.6 is 0 Å². The Morgan fingerprint density at radius 3 is 0.450 bits per heavy atom. The Kier molecular flexibility index (Phi) is 26.3. The van der Waals surface area contributed by atoms with Crippen molar-refractivity contribution in [1.29, 1.82) is 0 Å². The second-order valence-electron chi connectivity index (χ2n) is 13.3. The summed E-state index contributed by atoms with van der Waals surface area (Å²) in [5.74, 6) is 0. The van der Waals surface area contributed by atoms with Crippen LogP contribution in [-0.2, 0) is 114 Å². The summed E-state index contributed by atoms with van der Waals surface area (Å²) in [4.78, 5) is 0. The normalized spacial score (nSPS) is 22.3. The molecule has 0 spiro atoms. The van der Waals surface area contributed by atoms with Crippen molar-refractivity contribution in [3.05, 3.63) is 0 Å². The van der Waals surface area contributed by atoms with E-state index in [-0.39, 0.29) is 118 Å². The molecule has 0 saturated heterocycles. The quantitative estimate of drug-likeness (QED) is 0.0510. The Morgan fingerprint density at radius 1 is 0.233 bits per heavy atom. The third-order valence-corrected chi connectivity index (χ3v) is 10.9. The minimum Gasteiger partial charge on any atom is -0.372 e. The lowest BCUT2D eigenvalue weighted by Crippen LogP contribution is -2.68. The monoisotopic (exact) mass is 996 g/mol. The molecular formula is C30H60O24S6. The number of hydrogen-bond donors (Lipinski definition) is 0. The molecule has 360 valence electrons. The standard InChI is InChI=1S/C30H60O24S6/c1-55(31,32)49-19-7-13-43-25-26(44-14-8-20-50-56(2,33)34)28(46-16-10-22-52-58(4,37)38)30(48-18-12-24-54-60(6,41)42)29(47-17-11-23-53-59(5,39)40)27(25)45-15-9-21-51-57(3,35)36/h25-30H,7-24H2,1-6H3. The Morgan fingerprint density at radius 2 is 0.350 bits per heavy atom. The van der Waals surface area contributed by atoms with Crippen molar-refractivity contribution < 1.29 is 104 Å². The van der Waals surface area contributed by atoms with Gasteiger partial charge in [-0.05, 0) is 38.5 Å². The van der Waals surface area contributed by atoms with E-state index in [2.05, 4.69) is 0 Å². The third-order valence-electron chi connectivity index (χ3n) is 7.32. The molecule has 0 aliphatic heterocycles. The van der Waals surface area contributed by atoms with Gasteiger partial charge in [0.1, 0.15) is 36.6 Å². The van der Waals surface area contributed by atoms with Crippen LogP contribution in [0.1, 0.15) is 38.5 Å². The second-order valence-corrected chi connectivity index (χ2v) is 23.2. The van der Waals surface area contributed by atoms with Gasteiger partial charge in [0.2, 0.25) is 0 Å². The molecule has 1 fully saturated rings. The zero-order chi connectivity index (χ0) is 45.7. The highest BCUT2D eigenvalue weighted by Gasteiger charge is 2.55. The molecule has 0 radical (unpaired) electrons. The predicted molar refractivity (Wildman–Crippen MR) is 211 cm³/mol. The average Bonchev–Trinajstić information content (AvgIpc) is 3.06. The van der Waals surface area contributed by atoms with Crippen molar-refractivity contribution >= 4 is 60.7 Å². The molecule has 0 aromatic heterocycles. The van der Waals surface area contributed by atoms with E-state index in [4.69, 9.17) is 53.5 Å². The highest BCUT2D eigenvalue weighted by Crippen LogP contribution is 2.35. The molecular weight excluding hydrogens is 937 g/mol. The van der Waals surface area contributed by atoms with E-state index in [9.17, 15) is 50.5 Å². The minimum absolute atomic E-state index is 0.0242. The minimum atomic E-state index is -3.81. The van der Waals surface area contributed by atoms with Crippen LogP contribution in [0.2, 0.25) is 0 Å². The lowest BCUT2D eigenvalue weighted by atomic mass is 9.83. The molecule has 0 aromatic rings. The van der Waals surface area contributed by atoms with Gasteiger partial charge in [-0.25, -0.2) is 0 Å². The molecule has 1 saturated carbocycles. The summed E-state index contributed by atoms with van der Waals surface area (Å²) >= 11 is 0. The van der Waals surface area contributed by atoms with Gasteiger partial charge < -0.3 is 28.4 Å². The molecule has 30 heteroatoms. The Labute approximate surface area is 355 Å². The summed E-state index contributed by atoms with van der Waals surface area (Å²) in [6.45, 7) is -2.73. The molecule has 60 heavy (non-hydrogen) atoms. The van der Waals surface area contributed by atoms with Crippen molar-refractivity contribution in [3.8, 4) is 0 Å². The Balaban J connectivity index is 3.75. The fourth-order valence-corrected chi connectivity index (χ4v) is 7.72. The lowest BCUT2D eigenvalue weighted by Gasteiger charge is -2.50. The van der Waals surface area contributed by atoms with E-state index in [0.717, 1.165) is 37.5 Å². The van der Waals surface area contributed by atoms with Crippen LogP contribution in [-0.4, -0.2) is 204 Å². The maximum atomic E-state index is 11.6. The molecule has 0 unspecified atom stereocenters. The van der Waals surface area contributed by atoms with E-state index in [0.29, 0.717) is 0 Å². The van der Waals surface area contributed by atoms with Gasteiger partial charge in [0.25, 0.3) is 60.7 Å². The van der Waals surface area contributed by atoms with Crippen LogP contribution in [0.15, 0.2) is 0 Å². The summed E-state index contributed by atoms with van der Waals surface area (Å²) in [5, 5.41) is 0. The molecule has 1 aliphatic carbocycles. The van der Waals surface area contributed by atoms with Crippen molar-refractivity contribution in [2.45, 2.75) is 75.1 Å². The fourth-order valence-electron chi connectivity index (χ4n) is 5.19. The smallest absolute Gasteiger partial charge is 0.264 e. The average molecular weight is 997 g/mol. The van der Waals surface area contributed by atoms with Gasteiger partial charge in [0.05, 0.1) is 77.2 Å². The first-order valence-corrected chi connectivity index (χ1v) is 29.2. The zero-order valence-corrected chi connectivity index (χ0v) is 39.3. The Hall–Kier alpha value is -0.780. The summed E-state index contributed by atoms with van der Waals surface area (Å²) in [5.41, 5.74) is 0. The van der Waals surface area contributed by atoms with E-state index in [1.54, 1.807) is 0 Å². The number of ether oxygens (including phenoxy) is 6. The van der Waals surface area contributed by atoms with Crippen molar-refractivity contribution in [3.63, 3.8) is 0 Å². The summed E-state index contributed by atoms with van der Waals surface area (Å²) < 4.78 is 206. The van der Waals surface area contributed by atoms with Gasteiger partial charge >= 0.3 is 0 Å². The van der Waals surface area contributed by atoms with Gasteiger partial charge in [0.15, 0.2) is 0 Å². The molecule has 1 aliphatic rings. The molecule has 0 heterocycles. The molecule has 0 aromatic carbocycles. The summed E-state index contributed by atoms with van der Waals surface area (Å²) in [7, 11) is -22.9. The van der Waals surface area contributed by atoms with Crippen molar-refractivity contribution in [2.24, 2.45) is 0 Å². The molecule has 0 amide bonds. The highest BCUT2D eigenvalue weighted by atomic mass is 32.2. The maximum absolute atomic E-state index is 11.6. The SMILES string of the molecule is CS(=O)(=O)OCCCOC1C(OCCCOS(C)(=O)=O)C(OCCCOS(C)(=O)=O)C(OCCCOS(C)(=O)=O)C(OCCCOS(C)(=O)=O)C1OCCCOS(C)(=O)=O. The second kappa shape index (κ2) is 27.5. The van der Waals surface area contributed by atoms with E-state index in [1.165, 1.54) is 0 Å². The zero-order valence-electron chi connectivity index (χ0n) is 34.4. The molecule has 0 bridgehead atoms. The van der Waals surface area contributed by atoms with Gasteiger partial charge in [-0.1, -0.05) is 0 Å². The number of hydrogen-bond acceptors (Lipinski definition) is 24. The first-order chi connectivity index (χ1) is 27.6. The summed E-state index contributed by atoms with van der Waals surface area (Å²) in [6, 6.07) is 0. The van der Waals surface area contributed by atoms with Crippen molar-refractivity contribution in [2.75, 3.05) is 117 Å².